The van der Waals surface area contributed by atoms with Crippen LogP contribution in [0.3, 0.4) is 0 Å². The van der Waals surface area contributed by atoms with Crippen LogP contribution >= 0.6 is 0 Å². The van der Waals surface area contributed by atoms with Crippen molar-refractivity contribution in [2.75, 3.05) is 11.9 Å². The predicted octanol–water partition coefficient (Wildman–Crippen LogP) is 2.40. The highest BCUT2D eigenvalue weighted by Gasteiger charge is 1.98. The zero-order valence-electron chi connectivity index (χ0n) is 10.2. The van der Waals surface area contributed by atoms with Gasteiger partial charge in [0.1, 0.15) is 17.6 Å². The van der Waals surface area contributed by atoms with Gasteiger partial charge in [-0.2, -0.15) is 5.26 Å². The summed E-state index contributed by atoms with van der Waals surface area (Å²) in [7, 11) is 0. The Balaban J connectivity index is 2.10. The number of hydrogen-bond acceptors (Lipinski definition) is 4. The number of anilines is 1. The molecule has 1 rings (SSSR count). The molecule has 1 aromatic rings. The number of aromatic nitrogens is 1. The van der Waals surface area contributed by atoms with Crippen molar-refractivity contribution in [1.29, 1.82) is 5.26 Å². The molecule has 0 saturated carbocycles. The number of nitriles is 1. The molecular weight excluding hydrogens is 230 g/mol. The summed E-state index contributed by atoms with van der Waals surface area (Å²) in [4.78, 5) is 14.4. The van der Waals surface area contributed by atoms with Crippen LogP contribution in [0.2, 0.25) is 0 Å². The molecule has 0 spiro atoms. The largest absolute Gasteiger partial charge is 0.481 e. The molecule has 1 heterocycles. The van der Waals surface area contributed by atoms with Gasteiger partial charge in [-0.3, -0.25) is 4.79 Å². The molecule has 5 nitrogen and oxygen atoms in total. The second kappa shape index (κ2) is 8.07. The number of rotatable bonds is 8. The van der Waals surface area contributed by atoms with Crippen molar-refractivity contribution >= 4 is 11.8 Å². The third kappa shape index (κ3) is 5.85. The first-order valence-electron chi connectivity index (χ1n) is 6.05. The van der Waals surface area contributed by atoms with E-state index in [1.165, 1.54) is 0 Å². The van der Waals surface area contributed by atoms with Crippen LogP contribution in [0.15, 0.2) is 18.2 Å². The van der Waals surface area contributed by atoms with Crippen molar-refractivity contribution < 1.29 is 9.90 Å². The summed E-state index contributed by atoms with van der Waals surface area (Å²) in [6.45, 7) is 0.787. The molecule has 18 heavy (non-hydrogen) atoms. The summed E-state index contributed by atoms with van der Waals surface area (Å²) in [5.41, 5.74) is 0.404. The maximum atomic E-state index is 10.3. The van der Waals surface area contributed by atoms with E-state index in [0.29, 0.717) is 11.5 Å². The average molecular weight is 247 g/mol. The van der Waals surface area contributed by atoms with Crippen LogP contribution in [-0.2, 0) is 4.79 Å². The molecule has 1 aromatic heterocycles. The molecule has 0 atom stereocenters. The number of carbonyl (C=O) groups is 1. The third-order valence-corrected chi connectivity index (χ3v) is 2.49. The number of nitrogens with one attached hydrogen (secondary N) is 1. The minimum absolute atomic E-state index is 0.249. The van der Waals surface area contributed by atoms with Gasteiger partial charge < -0.3 is 10.4 Å². The van der Waals surface area contributed by atoms with E-state index in [2.05, 4.69) is 10.3 Å². The van der Waals surface area contributed by atoms with Crippen LogP contribution in [0.5, 0.6) is 0 Å². The van der Waals surface area contributed by atoms with E-state index in [1.54, 1.807) is 12.1 Å². The molecule has 0 amide bonds. The van der Waals surface area contributed by atoms with Crippen molar-refractivity contribution in [2.24, 2.45) is 0 Å². The lowest BCUT2D eigenvalue weighted by Crippen LogP contribution is -2.03. The Kier molecular flexibility index (Phi) is 6.26. The van der Waals surface area contributed by atoms with E-state index in [1.807, 2.05) is 12.1 Å². The summed E-state index contributed by atoms with van der Waals surface area (Å²) in [5.74, 6) is -0.0229. The number of aliphatic carboxylic acids is 1. The number of carboxylic acid groups (broad SMARTS) is 1. The van der Waals surface area contributed by atoms with Crippen molar-refractivity contribution in [3.63, 3.8) is 0 Å². The Labute approximate surface area is 106 Å². The first-order valence-corrected chi connectivity index (χ1v) is 6.05. The molecule has 0 unspecified atom stereocenters. The lowest BCUT2D eigenvalue weighted by Gasteiger charge is -2.05. The number of carboxylic acids is 1. The standard InChI is InChI=1S/C13H17N3O2/c14-10-11-6-5-7-12(16-11)15-9-4-2-1-3-8-13(17)18/h5-7H,1-4,8-9H2,(H,15,16)(H,17,18). The second-order valence-corrected chi connectivity index (χ2v) is 4.00. The molecule has 0 fully saturated rings. The van der Waals surface area contributed by atoms with Crippen molar-refractivity contribution in [1.82, 2.24) is 4.98 Å². The number of pyridine rings is 1. The Bertz CT molecular complexity index is 426. The molecule has 0 bridgehead atoms. The normalized spacial score (nSPS) is 9.72. The van der Waals surface area contributed by atoms with Crippen LogP contribution < -0.4 is 5.32 Å². The molecule has 5 heteroatoms. The molecule has 0 saturated heterocycles. The minimum Gasteiger partial charge on any atom is -0.481 e. The predicted molar refractivity (Wildman–Crippen MR) is 68.2 cm³/mol. The van der Waals surface area contributed by atoms with E-state index >= 15 is 0 Å². The van der Waals surface area contributed by atoms with Gasteiger partial charge >= 0.3 is 5.97 Å². The summed E-state index contributed by atoms with van der Waals surface area (Å²) >= 11 is 0. The Morgan fingerprint density at radius 1 is 1.33 bits per heavy atom. The van der Waals surface area contributed by atoms with Crippen LogP contribution in [-0.4, -0.2) is 22.6 Å². The van der Waals surface area contributed by atoms with Crippen LogP contribution in [0.1, 0.15) is 37.8 Å². The quantitative estimate of drug-likeness (QED) is 0.689. The van der Waals surface area contributed by atoms with Gasteiger partial charge in [0, 0.05) is 13.0 Å². The summed E-state index contributed by atoms with van der Waals surface area (Å²) in [6, 6.07) is 7.27. The van der Waals surface area contributed by atoms with Crippen molar-refractivity contribution in [3.05, 3.63) is 23.9 Å². The van der Waals surface area contributed by atoms with Crippen molar-refractivity contribution in [3.8, 4) is 6.07 Å². The monoisotopic (exact) mass is 247 g/mol. The van der Waals surface area contributed by atoms with Gasteiger partial charge in [0.25, 0.3) is 0 Å². The molecule has 0 aromatic carbocycles. The zero-order chi connectivity index (χ0) is 13.2. The number of unbranched alkanes of at least 4 members (excludes halogenated alkanes) is 3. The number of hydrogen-bond donors (Lipinski definition) is 2. The fraction of sp³-hybridized carbons (Fsp3) is 0.462. The second-order valence-electron chi connectivity index (χ2n) is 4.00. The highest BCUT2D eigenvalue weighted by Crippen LogP contribution is 2.06. The first kappa shape index (κ1) is 14.0. The fourth-order valence-electron chi connectivity index (χ4n) is 1.57. The maximum Gasteiger partial charge on any atom is 0.303 e. The third-order valence-electron chi connectivity index (χ3n) is 2.49. The Morgan fingerprint density at radius 2 is 2.11 bits per heavy atom. The number of nitrogens with zero attached hydrogens (tertiary/aromatic N) is 2. The Hall–Kier alpha value is -2.09. The molecule has 0 aliphatic heterocycles. The van der Waals surface area contributed by atoms with Gasteiger partial charge in [-0.25, -0.2) is 4.98 Å². The highest BCUT2D eigenvalue weighted by molar-refractivity contribution is 5.66. The molecule has 0 radical (unpaired) electrons. The average Bonchev–Trinajstić information content (AvgIpc) is 2.37. The SMILES string of the molecule is N#Cc1cccc(NCCCCCCC(=O)O)n1. The van der Waals surface area contributed by atoms with Gasteiger partial charge in [-0.05, 0) is 25.0 Å². The summed E-state index contributed by atoms with van der Waals surface area (Å²) < 4.78 is 0. The van der Waals surface area contributed by atoms with Gasteiger partial charge in [-0.15, -0.1) is 0 Å². The fourth-order valence-corrected chi connectivity index (χ4v) is 1.57. The lowest BCUT2D eigenvalue weighted by molar-refractivity contribution is -0.137. The highest BCUT2D eigenvalue weighted by atomic mass is 16.4. The molecular formula is C13H17N3O2. The Morgan fingerprint density at radius 3 is 2.83 bits per heavy atom. The molecule has 96 valence electrons. The topological polar surface area (TPSA) is 86.0 Å². The van der Waals surface area contributed by atoms with Crippen molar-refractivity contribution in [2.45, 2.75) is 32.1 Å². The molecule has 0 aliphatic rings. The van der Waals surface area contributed by atoms with E-state index in [-0.39, 0.29) is 6.42 Å². The van der Waals surface area contributed by atoms with E-state index < -0.39 is 5.97 Å². The van der Waals surface area contributed by atoms with Crippen LogP contribution in [0.4, 0.5) is 5.82 Å². The van der Waals surface area contributed by atoms with Gasteiger partial charge in [0.15, 0.2) is 0 Å². The van der Waals surface area contributed by atoms with Gasteiger partial charge in [0.05, 0.1) is 0 Å². The lowest BCUT2D eigenvalue weighted by atomic mass is 10.1. The molecule has 0 aliphatic carbocycles. The first-order chi connectivity index (χ1) is 8.72. The molecule has 2 N–H and O–H groups in total. The van der Waals surface area contributed by atoms with E-state index in [0.717, 1.165) is 32.2 Å². The summed E-state index contributed by atoms with van der Waals surface area (Å²) in [6.07, 6.45) is 3.88. The maximum absolute atomic E-state index is 10.3. The summed E-state index contributed by atoms with van der Waals surface area (Å²) in [5, 5.41) is 20.3. The van der Waals surface area contributed by atoms with Crippen LogP contribution in [0.25, 0.3) is 0 Å². The van der Waals surface area contributed by atoms with Gasteiger partial charge in [-0.1, -0.05) is 18.9 Å². The van der Waals surface area contributed by atoms with E-state index in [9.17, 15) is 4.79 Å². The minimum atomic E-state index is -0.731. The van der Waals surface area contributed by atoms with Gasteiger partial charge in [0.2, 0.25) is 0 Å². The van der Waals surface area contributed by atoms with E-state index in [4.69, 9.17) is 10.4 Å². The van der Waals surface area contributed by atoms with Crippen LogP contribution in [0, 0.1) is 11.3 Å². The smallest absolute Gasteiger partial charge is 0.303 e. The zero-order valence-corrected chi connectivity index (χ0v) is 10.2.